The Morgan fingerprint density at radius 1 is 1.39 bits per heavy atom. The Kier molecular flexibility index (Phi) is 2.85. The van der Waals surface area contributed by atoms with Gasteiger partial charge in [0.1, 0.15) is 11.4 Å². The quantitative estimate of drug-likeness (QED) is 0.911. The van der Waals surface area contributed by atoms with Crippen LogP contribution in [0.25, 0.3) is 0 Å². The zero-order chi connectivity index (χ0) is 12.8. The van der Waals surface area contributed by atoms with E-state index in [4.69, 9.17) is 16.3 Å². The summed E-state index contributed by atoms with van der Waals surface area (Å²) in [5.41, 5.74) is 1.13. The molecule has 2 aromatic rings. The molecule has 0 amide bonds. The van der Waals surface area contributed by atoms with E-state index in [-0.39, 0.29) is 0 Å². The monoisotopic (exact) mass is 280 g/mol. The van der Waals surface area contributed by atoms with Crippen molar-refractivity contribution in [1.29, 1.82) is 0 Å². The molecule has 1 aliphatic rings. The maximum absolute atomic E-state index is 11.0. The molecule has 2 nitrogen and oxygen atoms in total. The van der Waals surface area contributed by atoms with E-state index in [0.29, 0.717) is 11.4 Å². The van der Waals surface area contributed by atoms with E-state index in [0.717, 1.165) is 22.6 Å². The Bertz CT molecular complexity index is 593. The van der Waals surface area contributed by atoms with Gasteiger partial charge in [0.05, 0.1) is 17.0 Å². The third-order valence-electron chi connectivity index (χ3n) is 3.51. The van der Waals surface area contributed by atoms with Gasteiger partial charge in [-0.1, -0.05) is 17.7 Å². The molecular weight excluding hydrogens is 268 g/mol. The summed E-state index contributed by atoms with van der Waals surface area (Å²) in [5.74, 6) is 0.766. The van der Waals surface area contributed by atoms with Gasteiger partial charge in [0.25, 0.3) is 0 Å². The molecule has 0 spiro atoms. The van der Waals surface area contributed by atoms with Crippen LogP contribution in [0, 0.1) is 0 Å². The number of methoxy groups -OCH3 is 1. The Hall–Kier alpha value is -1.03. The third-order valence-corrected chi connectivity index (χ3v) is 5.00. The zero-order valence-electron chi connectivity index (χ0n) is 9.94. The van der Waals surface area contributed by atoms with Gasteiger partial charge in [-0.2, -0.15) is 0 Å². The summed E-state index contributed by atoms with van der Waals surface area (Å²) >= 11 is 7.67. The summed E-state index contributed by atoms with van der Waals surface area (Å²) in [4.78, 5) is 0.830. The van der Waals surface area contributed by atoms with Crippen molar-refractivity contribution in [2.75, 3.05) is 7.11 Å². The van der Waals surface area contributed by atoms with E-state index in [1.807, 2.05) is 29.6 Å². The number of aryl methyl sites for hydroxylation is 1. The third kappa shape index (κ3) is 1.66. The van der Waals surface area contributed by atoms with E-state index in [2.05, 4.69) is 0 Å². The molecule has 0 radical (unpaired) electrons. The van der Waals surface area contributed by atoms with Gasteiger partial charge >= 0.3 is 0 Å². The van der Waals surface area contributed by atoms with Crippen molar-refractivity contribution in [3.8, 4) is 5.75 Å². The lowest BCUT2D eigenvalue weighted by atomic mass is 9.94. The van der Waals surface area contributed by atoms with Crippen molar-refractivity contribution < 1.29 is 9.84 Å². The fraction of sp³-hybridized carbons (Fsp3) is 0.286. The second-order valence-corrected chi connectivity index (χ2v) is 5.80. The van der Waals surface area contributed by atoms with E-state index in [1.165, 1.54) is 16.9 Å². The lowest BCUT2D eigenvalue weighted by Crippen LogP contribution is -2.22. The molecule has 0 fully saturated rings. The summed E-state index contributed by atoms with van der Waals surface area (Å²) in [6.07, 6.45) is 1.54. The number of halogens is 1. The number of ether oxygens (including phenoxy) is 1. The highest BCUT2D eigenvalue weighted by molar-refractivity contribution is 7.10. The fourth-order valence-electron chi connectivity index (χ4n) is 2.56. The Morgan fingerprint density at radius 2 is 2.22 bits per heavy atom. The van der Waals surface area contributed by atoms with Gasteiger partial charge in [-0.25, -0.2) is 0 Å². The lowest BCUT2D eigenvalue weighted by Gasteiger charge is -2.23. The predicted octanol–water partition coefficient (Wildman–Crippen LogP) is 3.59. The number of hydrogen-bond donors (Lipinski definition) is 1. The molecule has 0 aliphatic heterocycles. The number of benzene rings is 1. The first-order valence-electron chi connectivity index (χ1n) is 5.78. The van der Waals surface area contributed by atoms with Crippen molar-refractivity contribution in [3.05, 3.63) is 50.7 Å². The normalized spacial score (nSPS) is 21.9. The molecule has 18 heavy (non-hydrogen) atoms. The van der Waals surface area contributed by atoms with Gasteiger partial charge in [0.2, 0.25) is 0 Å². The standard InChI is InChI=1S/C14H13ClO2S/c1-17-10-3-2-9-4-6-14(16,11(9)8-10)13-12(15)5-7-18-13/h2-3,5,7-8,16H,4,6H2,1H3. The van der Waals surface area contributed by atoms with Gasteiger partial charge in [-0.3, -0.25) is 0 Å². The Labute approximate surface area is 115 Å². The van der Waals surface area contributed by atoms with Gasteiger partial charge in [-0.05, 0) is 47.5 Å². The van der Waals surface area contributed by atoms with Crippen LogP contribution in [0.4, 0.5) is 0 Å². The van der Waals surface area contributed by atoms with Gasteiger partial charge in [0, 0.05) is 0 Å². The van der Waals surface area contributed by atoms with Crippen LogP contribution in [0.3, 0.4) is 0 Å². The summed E-state index contributed by atoms with van der Waals surface area (Å²) in [5, 5.41) is 13.5. The summed E-state index contributed by atoms with van der Waals surface area (Å²) in [6, 6.07) is 7.70. The minimum atomic E-state index is -0.963. The van der Waals surface area contributed by atoms with Gasteiger partial charge in [-0.15, -0.1) is 11.3 Å². The highest BCUT2D eigenvalue weighted by atomic mass is 35.5. The average molecular weight is 281 g/mol. The smallest absolute Gasteiger partial charge is 0.126 e. The molecule has 1 aromatic carbocycles. The number of thiophene rings is 1. The Balaban J connectivity index is 2.16. The minimum Gasteiger partial charge on any atom is -0.497 e. The number of aliphatic hydroxyl groups is 1. The number of fused-ring (bicyclic) bond motifs is 1. The zero-order valence-corrected chi connectivity index (χ0v) is 11.5. The molecular formula is C14H13ClO2S. The Morgan fingerprint density at radius 3 is 2.89 bits per heavy atom. The molecule has 1 heterocycles. The topological polar surface area (TPSA) is 29.5 Å². The van der Waals surface area contributed by atoms with Crippen LogP contribution in [-0.4, -0.2) is 12.2 Å². The highest BCUT2D eigenvalue weighted by Crippen LogP contribution is 2.47. The van der Waals surface area contributed by atoms with Crippen molar-refractivity contribution in [1.82, 2.24) is 0 Å². The van der Waals surface area contributed by atoms with Crippen LogP contribution >= 0.6 is 22.9 Å². The molecule has 3 rings (SSSR count). The molecule has 1 N–H and O–H groups in total. The van der Waals surface area contributed by atoms with E-state index < -0.39 is 5.60 Å². The second-order valence-electron chi connectivity index (χ2n) is 4.48. The SMILES string of the molecule is COc1ccc2c(c1)C(O)(c1sccc1Cl)CC2. The van der Waals surface area contributed by atoms with Crippen molar-refractivity contribution in [2.24, 2.45) is 0 Å². The summed E-state index contributed by atoms with van der Waals surface area (Å²) in [7, 11) is 1.63. The van der Waals surface area contributed by atoms with Crippen LogP contribution in [0.2, 0.25) is 5.02 Å². The second kappa shape index (κ2) is 4.26. The molecule has 1 atom stereocenters. The van der Waals surface area contributed by atoms with Gasteiger partial charge < -0.3 is 9.84 Å². The molecule has 1 aromatic heterocycles. The molecule has 1 aliphatic carbocycles. The van der Waals surface area contributed by atoms with Crippen LogP contribution in [0.1, 0.15) is 22.4 Å². The maximum atomic E-state index is 11.0. The highest BCUT2D eigenvalue weighted by Gasteiger charge is 2.40. The van der Waals surface area contributed by atoms with Crippen LogP contribution < -0.4 is 4.74 Å². The average Bonchev–Trinajstić information content (AvgIpc) is 2.95. The van der Waals surface area contributed by atoms with Crippen LogP contribution in [-0.2, 0) is 12.0 Å². The van der Waals surface area contributed by atoms with Crippen LogP contribution in [0.15, 0.2) is 29.6 Å². The first kappa shape index (κ1) is 12.0. The first-order chi connectivity index (χ1) is 8.65. The fourth-order valence-corrected chi connectivity index (χ4v) is 3.92. The molecule has 0 saturated heterocycles. The van der Waals surface area contributed by atoms with Crippen molar-refractivity contribution in [3.63, 3.8) is 0 Å². The molecule has 4 heteroatoms. The predicted molar refractivity (Wildman–Crippen MR) is 73.6 cm³/mol. The molecule has 94 valence electrons. The minimum absolute atomic E-state index is 0.637. The van der Waals surface area contributed by atoms with E-state index >= 15 is 0 Å². The summed E-state index contributed by atoms with van der Waals surface area (Å²) < 4.78 is 5.24. The number of hydrogen-bond acceptors (Lipinski definition) is 3. The van der Waals surface area contributed by atoms with E-state index in [9.17, 15) is 5.11 Å². The molecule has 0 bridgehead atoms. The summed E-state index contributed by atoms with van der Waals surface area (Å²) in [6.45, 7) is 0. The molecule has 0 saturated carbocycles. The lowest BCUT2D eigenvalue weighted by molar-refractivity contribution is 0.0867. The van der Waals surface area contributed by atoms with Crippen LogP contribution in [0.5, 0.6) is 5.75 Å². The maximum Gasteiger partial charge on any atom is 0.126 e. The number of rotatable bonds is 2. The van der Waals surface area contributed by atoms with Crippen molar-refractivity contribution in [2.45, 2.75) is 18.4 Å². The first-order valence-corrected chi connectivity index (χ1v) is 7.04. The largest absolute Gasteiger partial charge is 0.497 e. The van der Waals surface area contributed by atoms with Crippen molar-refractivity contribution >= 4 is 22.9 Å². The molecule has 1 unspecified atom stereocenters. The van der Waals surface area contributed by atoms with E-state index in [1.54, 1.807) is 7.11 Å². The van der Waals surface area contributed by atoms with Gasteiger partial charge in [0.15, 0.2) is 0 Å².